The van der Waals surface area contributed by atoms with Gasteiger partial charge in [0.2, 0.25) is 0 Å². The topological polar surface area (TPSA) is 63.3 Å². The van der Waals surface area contributed by atoms with Crippen LogP contribution in [0.4, 0.5) is 15.8 Å². The molecule has 6 nitrogen and oxygen atoms in total. The second-order valence-corrected chi connectivity index (χ2v) is 20.6. The zero-order valence-electron chi connectivity index (χ0n) is 34.0. The van der Waals surface area contributed by atoms with Gasteiger partial charge in [0.05, 0.1) is 36.2 Å². The molecule has 0 aliphatic heterocycles. The first-order valence-corrected chi connectivity index (χ1v) is 22.6. The Balaban J connectivity index is 1.54. The summed E-state index contributed by atoms with van der Waals surface area (Å²) in [6, 6.07) is 54.3. The molecule has 0 fully saturated rings. The lowest BCUT2D eigenvalue weighted by Gasteiger charge is -2.39. The number of benzene rings is 6. The van der Waals surface area contributed by atoms with Crippen molar-refractivity contribution in [2.75, 3.05) is 11.5 Å². The molecule has 0 aliphatic carbocycles. The van der Waals surface area contributed by atoms with E-state index in [0.29, 0.717) is 29.4 Å². The summed E-state index contributed by atoms with van der Waals surface area (Å²) in [7, 11) is -2.49. The Morgan fingerprint density at radius 1 is 0.741 bits per heavy atom. The Morgan fingerprint density at radius 2 is 1.26 bits per heavy atom. The normalized spacial score (nSPS) is 11.8. The number of halogens is 1. The van der Waals surface area contributed by atoms with E-state index in [1.807, 2.05) is 60.4 Å². The van der Waals surface area contributed by atoms with E-state index in [-0.39, 0.29) is 23.0 Å². The van der Waals surface area contributed by atoms with Crippen LogP contribution in [0, 0.1) is 17.1 Å². The van der Waals surface area contributed by atoms with Crippen LogP contribution in [0.3, 0.4) is 0 Å². The average molecular weight is 785 g/mol. The predicted molar refractivity (Wildman–Crippen MR) is 235 cm³/mol. The van der Waals surface area contributed by atoms with Gasteiger partial charge in [0, 0.05) is 29.6 Å². The van der Waals surface area contributed by atoms with Crippen LogP contribution >= 0.6 is 0 Å². The molecule has 0 aliphatic rings. The lowest BCUT2D eigenvalue weighted by molar-refractivity contribution is 0.337. The summed E-state index contributed by atoms with van der Waals surface area (Å²) in [6.07, 6.45) is 2.12. The summed E-state index contributed by atoms with van der Waals surface area (Å²) >= 11 is 0. The van der Waals surface area contributed by atoms with Crippen molar-refractivity contribution in [1.82, 2.24) is 9.55 Å². The van der Waals surface area contributed by atoms with Crippen LogP contribution in [-0.2, 0) is 12.1 Å². The third kappa shape index (κ3) is 7.78. The zero-order chi connectivity index (χ0) is 40.9. The van der Waals surface area contributed by atoms with Gasteiger partial charge in [-0.25, -0.2) is 9.37 Å². The van der Waals surface area contributed by atoms with E-state index in [2.05, 4.69) is 136 Å². The molecule has 0 spiro atoms. The molecule has 0 unspecified atom stereocenters. The molecule has 7 aromatic rings. The lowest BCUT2D eigenvalue weighted by atomic mass is 9.76. The molecule has 0 bridgehead atoms. The Kier molecular flexibility index (Phi) is 11.4. The van der Waals surface area contributed by atoms with Crippen molar-refractivity contribution in [1.29, 1.82) is 5.26 Å². The predicted octanol–water partition coefficient (Wildman–Crippen LogP) is 12.5. The molecule has 7 rings (SSSR count). The number of nitrogens with zero attached hydrogens (tertiary/aromatic N) is 4. The summed E-state index contributed by atoms with van der Waals surface area (Å²) in [5, 5.41) is 9.59. The highest BCUT2D eigenvalue weighted by molar-refractivity contribution is 6.74. The van der Waals surface area contributed by atoms with E-state index < -0.39 is 19.7 Å². The minimum atomic E-state index is -2.49. The van der Waals surface area contributed by atoms with Crippen molar-refractivity contribution < 1.29 is 13.6 Å². The van der Waals surface area contributed by atoms with Gasteiger partial charge in [0.25, 0.3) is 8.32 Å². The molecule has 0 saturated heterocycles. The van der Waals surface area contributed by atoms with Gasteiger partial charge in [-0.3, -0.25) is 0 Å². The maximum atomic E-state index is 17.5. The van der Waals surface area contributed by atoms with Gasteiger partial charge >= 0.3 is 0 Å². The molecular weight excluding hydrogens is 736 g/mol. The van der Waals surface area contributed by atoms with E-state index >= 15 is 4.39 Å². The SMILES string of the molecule is CCOc1cc(O[Si](C)(C)C(C)(C)C)c(F)c(N(Cc2nc(-c3ccccc3)cn2C(c2ccccc2)(c2ccccc2)c2ccccc2)c2ccc(C#N)cc2)c1. The van der Waals surface area contributed by atoms with Crippen molar-refractivity contribution in [3.05, 3.63) is 198 Å². The van der Waals surface area contributed by atoms with Gasteiger partial charge in [-0.2, -0.15) is 5.26 Å². The number of anilines is 2. The fourth-order valence-electron chi connectivity index (χ4n) is 7.20. The van der Waals surface area contributed by atoms with Crippen molar-refractivity contribution in [3.63, 3.8) is 0 Å². The van der Waals surface area contributed by atoms with Crippen LogP contribution in [0.1, 0.15) is 55.8 Å². The highest BCUT2D eigenvalue weighted by atomic mass is 28.4. The molecule has 0 N–H and O–H groups in total. The minimum Gasteiger partial charge on any atom is -0.541 e. The number of nitriles is 1. The first-order chi connectivity index (χ1) is 28.0. The summed E-state index contributed by atoms with van der Waals surface area (Å²) in [5.74, 6) is 0.811. The van der Waals surface area contributed by atoms with Crippen LogP contribution in [-0.4, -0.2) is 24.5 Å². The standard InChI is InChI=1S/C50H49FN4O2Si/c1-7-56-43-32-45(48(51)46(33-43)57-58(5,6)49(2,3)4)54(42-30-28-37(34-52)29-31-42)36-47-53-44(38-20-12-8-13-21-38)35-55(47)50(39-22-14-9-15-23-39,40-24-16-10-17-25-40)41-26-18-11-19-27-41/h8-33,35H,7,36H2,1-6H3. The van der Waals surface area contributed by atoms with Crippen LogP contribution in [0.15, 0.2) is 164 Å². The van der Waals surface area contributed by atoms with E-state index in [0.717, 1.165) is 27.9 Å². The molecule has 0 radical (unpaired) electrons. The van der Waals surface area contributed by atoms with Crippen molar-refractivity contribution in [3.8, 4) is 28.8 Å². The van der Waals surface area contributed by atoms with E-state index in [1.165, 1.54) is 0 Å². The Morgan fingerprint density at radius 3 is 1.74 bits per heavy atom. The largest absolute Gasteiger partial charge is 0.541 e. The first kappa shape index (κ1) is 39.8. The van der Waals surface area contributed by atoms with Gasteiger partial charge in [-0.1, -0.05) is 142 Å². The lowest BCUT2D eigenvalue weighted by Crippen LogP contribution is -2.44. The fourth-order valence-corrected chi connectivity index (χ4v) is 8.21. The summed E-state index contributed by atoms with van der Waals surface area (Å²) in [5.41, 5.74) is 5.35. The Hall–Kier alpha value is -6.43. The quantitative estimate of drug-likeness (QED) is 0.0861. The number of imidazole rings is 1. The monoisotopic (exact) mass is 784 g/mol. The van der Waals surface area contributed by atoms with E-state index in [4.69, 9.17) is 14.1 Å². The molecule has 1 heterocycles. The second-order valence-electron chi connectivity index (χ2n) is 15.9. The summed E-state index contributed by atoms with van der Waals surface area (Å²) < 4.78 is 32.6. The molecule has 1 aromatic heterocycles. The van der Waals surface area contributed by atoms with Crippen LogP contribution in [0.5, 0.6) is 11.5 Å². The average Bonchev–Trinajstić information content (AvgIpc) is 3.66. The van der Waals surface area contributed by atoms with E-state index in [9.17, 15) is 5.26 Å². The highest BCUT2D eigenvalue weighted by Crippen LogP contribution is 2.45. The smallest absolute Gasteiger partial charge is 0.250 e. The number of rotatable bonds is 13. The second kappa shape index (κ2) is 16.6. The molecular formula is C50H49FN4O2Si. The number of aromatic nitrogens is 2. The molecule has 8 heteroatoms. The Labute approximate surface area is 342 Å². The molecule has 0 saturated carbocycles. The van der Waals surface area contributed by atoms with Gasteiger partial charge < -0.3 is 18.6 Å². The first-order valence-electron chi connectivity index (χ1n) is 19.7. The molecule has 58 heavy (non-hydrogen) atoms. The van der Waals surface area contributed by atoms with Crippen molar-refractivity contribution >= 4 is 19.7 Å². The third-order valence-corrected chi connectivity index (χ3v) is 15.5. The zero-order valence-corrected chi connectivity index (χ0v) is 35.0. The maximum Gasteiger partial charge on any atom is 0.250 e. The molecule has 292 valence electrons. The molecule has 6 aromatic carbocycles. The third-order valence-electron chi connectivity index (χ3n) is 11.2. The fraction of sp³-hybridized carbons (Fsp3) is 0.200. The molecule has 0 atom stereocenters. The number of ether oxygens (including phenoxy) is 1. The summed E-state index contributed by atoms with van der Waals surface area (Å²) in [6.45, 7) is 13.1. The molecule has 0 amide bonds. The number of hydrogen-bond acceptors (Lipinski definition) is 5. The number of hydrogen-bond donors (Lipinski definition) is 0. The maximum absolute atomic E-state index is 17.5. The van der Waals surface area contributed by atoms with Gasteiger partial charge in [-0.15, -0.1) is 0 Å². The van der Waals surface area contributed by atoms with Crippen LogP contribution in [0.25, 0.3) is 11.3 Å². The van der Waals surface area contributed by atoms with Crippen molar-refractivity contribution in [2.24, 2.45) is 0 Å². The van der Waals surface area contributed by atoms with Gasteiger partial charge in [-0.05, 0) is 66.0 Å². The van der Waals surface area contributed by atoms with Crippen molar-refractivity contribution in [2.45, 2.75) is 57.9 Å². The summed E-state index contributed by atoms with van der Waals surface area (Å²) in [4.78, 5) is 7.35. The van der Waals surface area contributed by atoms with E-state index in [1.54, 1.807) is 24.3 Å². The van der Waals surface area contributed by atoms with Crippen LogP contribution in [0.2, 0.25) is 18.1 Å². The highest BCUT2D eigenvalue weighted by Gasteiger charge is 2.42. The van der Waals surface area contributed by atoms with Crippen LogP contribution < -0.4 is 14.1 Å². The Bertz CT molecular complexity index is 2400. The van der Waals surface area contributed by atoms with Gasteiger partial charge in [0.1, 0.15) is 22.9 Å². The minimum absolute atomic E-state index is 0.138. The van der Waals surface area contributed by atoms with Gasteiger partial charge in [0.15, 0.2) is 5.82 Å².